The van der Waals surface area contributed by atoms with E-state index < -0.39 is 0 Å². The van der Waals surface area contributed by atoms with E-state index in [1.54, 1.807) is 7.11 Å². The largest absolute Gasteiger partial charge is 0.393 e. The van der Waals surface area contributed by atoms with Crippen molar-refractivity contribution in [2.75, 3.05) is 7.11 Å². The first-order valence-corrected chi connectivity index (χ1v) is 6.71. The molecule has 0 amide bonds. The lowest BCUT2D eigenvalue weighted by atomic mass is 9.76. The number of methoxy groups -OCH3 is 1. The molecule has 0 bridgehead atoms. The van der Waals surface area contributed by atoms with Crippen molar-refractivity contribution in [2.45, 2.75) is 71.0 Å². The summed E-state index contributed by atoms with van der Waals surface area (Å²) in [4.78, 5) is 0. The molecule has 1 saturated carbocycles. The zero-order chi connectivity index (χ0) is 12.2. The van der Waals surface area contributed by atoms with Crippen LogP contribution in [0.3, 0.4) is 0 Å². The number of ether oxygens (including phenoxy) is 1. The average molecular weight is 228 g/mol. The first kappa shape index (κ1) is 14.0. The zero-order valence-electron chi connectivity index (χ0n) is 11.3. The third-order valence-electron chi connectivity index (χ3n) is 4.27. The molecule has 1 rings (SSSR count). The Morgan fingerprint density at radius 1 is 1.25 bits per heavy atom. The van der Waals surface area contributed by atoms with Crippen LogP contribution in [0.25, 0.3) is 0 Å². The van der Waals surface area contributed by atoms with Crippen molar-refractivity contribution in [2.24, 2.45) is 11.8 Å². The van der Waals surface area contributed by atoms with Gasteiger partial charge in [-0.05, 0) is 38.5 Å². The molecule has 0 radical (unpaired) electrons. The molecule has 2 nitrogen and oxygen atoms in total. The Balaban J connectivity index is 2.36. The van der Waals surface area contributed by atoms with Gasteiger partial charge in [0, 0.05) is 13.5 Å². The lowest BCUT2D eigenvalue weighted by molar-refractivity contribution is -0.0409. The fourth-order valence-electron chi connectivity index (χ4n) is 2.73. The van der Waals surface area contributed by atoms with Crippen LogP contribution in [0.1, 0.15) is 59.3 Å². The molecule has 0 aromatic rings. The Morgan fingerprint density at radius 3 is 2.25 bits per heavy atom. The van der Waals surface area contributed by atoms with Crippen molar-refractivity contribution in [3.8, 4) is 0 Å². The minimum absolute atomic E-state index is 0.187. The summed E-state index contributed by atoms with van der Waals surface area (Å²) in [7, 11) is 1.72. The van der Waals surface area contributed by atoms with E-state index in [2.05, 4.69) is 6.92 Å². The molecular weight excluding hydrogens is 200 g/mol. The van der Waals surface area contributed by atoms with Crippen LogP contribution in [0, 0.1) is 11.8 Å². The van der Waals surface area contributed by atoms with Crippen molar-refractivity contribution >= 4 is 0 Å². The molecule has 0 spiro atoms. The number of aliphatic hydroxyl groups is 1. The topological polar surface area (TPSA) is 29.5 Å². The maximum atomic E-state index is 10.2. The standard InChI is InChI=1S/C14H28O2/c1-5-11-6-8-12(9-7-11)13(15)10-14(2,3)16-4/h11-13,15H,5-10H2,1-4H3. The third kappa shape index (κ3) is 4.06. The average Bonchev–Trinajstić information content (AvgIpc) is 2.28. The molecule has 1 fully saturated rings. The molecule has 1 unspecified atom stereocenters. The molecule has 0 aromatic heterocycles. The van der Waals surface area contributed by atoms with Crippen LogP contribution in [-0.2, 0) is 4.74 Å². The fraction of sp³-hybridized carbons (Fsp3) is 1.00. The molecule has 0 heterocycles. The van der Waals surface area contributed by atoms with Gasteiger partial charge in [-0.15, -0.1) is 0 Å². The van der Waals surface area contributed by atoms with Crippen molar-refractivity contribution < 1.29 is 9.84 Å². The van der Waals surface area contributed by atoms with Gasteiger partial charge in [-0.2, -0.15) is 0 Å². The molecular formula is C14H28O2. The fourth-order valence-corrected chi connectivity index (χ4v) is 2.73. The van der Waals surface area contributed by atoms with E-state index in [1.807, 2.05) is 13.8 Å². The van der Waals surface area contributed by atoms with Crippen molar-refractivity contribution in [1.82, 2.24) is 0 Å². The van der Waals surface area contributed by atoms with Gasteiger partial charge in [-0.25, -0.2) is 0 Å². The monoisotopic (exact) mass is 228 g/mol. The van der Waals surface area contributed by atoms with Gasteiger partial charge >= 0.3 is 0 Å². The summed E-state index contributed by atoms with van der Waals surface area (Å²) >= 11 is 0. The number of hydrogen-bond acceptors (Lipinski definition) is 2. The predicted molar refractivity (Wildman–Crippen MR) is 67.5 cm³/mol. The lowest BCUT2D eigenvalue weighted by Crippen LogP contribution is -2.34. The third-order valence-corrected chi connectivity index (χ3v) is 4.27. The maximum absolute atomic E-state index is 10.2. The minimum Gasteiger partial charge on any atom is -0.393 e. The molecule has 96 valence electrons. The summed E-state index contributed by atoms with van der Waals surface area (Å²) in [5, 5.41) is 10.2. The number of aliphatic hydroxyl groups excluding tert-OH is 1. The Hall–Kier alpha value is -0.0800. The molecule has 1 aliphatic rings. The summed E-state index contributed by atoms with van der Waals surface area (Å²) in [6.45, 7) is 6.37. The van der Waals surface area contributed by atoms with E-state index in [0.29, 0.717) is 5.92 Å². The van der Waals surface area contributed by atoms with E-state index in [0.717, 1.165) is 12.3 Å². The first-order chi connectivity index (χ1) is 7.48. The molecule has 1 aliphatic carbocycles. The minimum atomic E-state index is -0.193. The van der Waals surface area contributed by atoms with Gasteiger partial charge in [0.15, 0.2) is 0 Å². The highest BCUT2D eigenvalue weighted by atomic mass is 16.5. The summed E-state index contributed by atoms with van der Waals surface area (Å²) in [5.74, 6) is 1.40. The Labute approximate surface area is 100 Å². The predicted octanol–water partition coefficient (Wildman–Crippen LogP) is 3.38. The van der Waals surface area contributed by atoms with E-state index in [1.165, 1.54) is 32.1 Å². The van der Waals surface area contributed by atoms with Crippen LogP contribution in [0.4, 0.5) is 0 Å². The Bertz CT molecular complexity index is 193. The molecule has 1 N–H and O–H groups in total. The van der Waals surface area contributed by atoms with Gasteiger partial charge in [-0.3, -0.25) is 0 Å². The van der Waals surface area contributed by atoms with Gasteiger partial charge in [-0.1, -0.05) is 26.2 Å². The highest BCUT2D eigenvalue weighted by Crippen LogP contribution is 2.34. The van der Waals surface area contributed by atoms with Gasteiger partial charge in [0.25, 0.3) is 0 Å². The number of hydrogen-bond donors (Lipinski definition) is 1. The summed E-state index contributed by atoms with van der Waals surface area (Å²) < 4.78 is 5.38. The molecule has 16 heavy (non-hydrogen) atoms. The number of rotatable bonds is 5. The van der Waals surface area contributed by atoms with Gasteiger partial charge in [0.05, 0.1) is 11.7 Å². The normalized spacial score (nSPS) is 29.1. The molecule has 1 atom stereocenters. The quantitative estimate of drug-likeness (QED) is 0.781. The van der Waals surface area contributed by atoms with Gasteiger partial charge in [0.2, 0.25) is 0 Å². The van der Waals surface area contributed by atoms with E-state index in [-0.39, 0.29) is 11.7 Å². The van der Waals surface area contributed by atoms with Crippen molar-refractivity contribution in [1.29, 1.82) is 0 Å². The highest BCUT2D eigenvalue weighted by Gasteiger charge is 2.30. The summed E-state index contributed by atoms with van der Waals surface area (Å²) in [5.41, 5.74) is -0.193. The van der Waals surface area contributed by atoms with E-state index in [9.17, 15) is 5.11 Å². The van der Waals surface area contributed by atoms with E-state index >= 15 is 0 Å². The molecule has 0 saturated heterocycles. The second-order valence-corrected chi connectivity index (χ2v) is 5.92. The molecule has 0 aromatic carbocycles. The summed E-state index contributed by atoms with van der Waals surface area (Å²) in [6, 6.07) is 0. The highest BCUT2D eigenvalue weighted by molar-refractivity contribution is 4.81. The van der Waals surface area contributed by atoms with Gasteiger partial charge < -0.3 is 9.84 Å². The maximum Gasteiger partial charge on any atom is 0.0647 e. The second-order valence-electron chi connectivity index (χ2n) is 5.92. The Morgan fingerprint density at radius 2 is 1.81 bits per heavy atom. The molecule has 0 aliphatic heterocycles. The van der Waals surface area contributed by atoms with E-state index in [4.69, 9.17) is 4.74 Å². The van der Waals surface area contributed by atoms with Crippen LogP contribution < -0.4 is 0 Å². The van der Waals surface area contributed by atoms with Crippen LogP contribution in [0.5, 0.6) is 0 Å². The second kappa shape index (κ2) is 6.02. The summed E-state index contributed by atoms with van der Waals surface area (Å²) in [6.07, 6.45) is 6.85. The van der Waals surface area contributed by atoms with Crippen molar-refractivity contribution in [3.05, 3.63) is 0 Å². The zero-order valence-corrected chi connectivity index (χ0v) is 11.3. The van der Waals surface area contributed by atoms with Crippen LogP contribution in [-0.4, -0.2) is 23.9 Å². The lowest BCUT2D eigenvalue weighted by Gasteiger charge is -2.34. The van der Waals surface area contributed by atoms with Crippen molar-refractivity contribution in [3.63, 3.8) is 0 Å². The Kier molecular flexibility index (Phi) is 5.26. The van der Waals surface area contributed by atoms with Crippen LogP contribution >= 0.6 is 0 Å². The van der Waals surface area contributed by atoms with Crippen LogP contribution in [0.15, 0.2) is 0 Å². The van der Waals surface area contributed by atoms with Gasteiger partial charge in [0.1, 0.15) is 0 Å². The first-order valence-electron chi connectivity index (χ1n) is 6.71. The molecule has 2 heteroatoms. The van der Waals surface area contributed by atoms with Crippen LogP contribution in [0.2, 0.25) is 0 Å². The smallest absolute Gasteiger partial charge is 0.0647 e. The SMILES string of the molecule is CCC1CCC(C(O)CC(C)(C)OC)CC1.